The summed E-state index contributed by atoms with van der Waals surface area (Å²) in [5.41, 5.74) is 3.19. The molecule has 1 fully saturated rings. The van der Waals surface area contributed by atoms with Crippen LogP contribution in [-0.4, -0.2) is 38.6 Å². The van der Waals surface area contributed by atoms with Gasteiger partial charge in [-0.25, -0.2) is 14.6 Å². The third-order valence-corrected chi connectivity index (χ3v) is 8.33. The number of hydrogen-bond acceptors (Lipinski definition) is 8. The number of carbonyl (C=O) groups is 3. The molecule has 0 saturated carbocycles. The number of amides is 1. The van der Waals surface area contributed by atoms with Gasteiger partial charge in [-0.15, -0.1) is 0 Å². The van der Waals surface area contributed by atoms with E-state index in [-0.39, 0.29) is 46.6 Å². The van der Waals surface area contributed by atoms with E-state index in [4.69, 9.17) is 32.7 Å². The monoisotopic (exact) mass is 621 g/mol. The molecule has 3 heterocycles. The Kier molecular flexibility index (Phi) is 8.04. The smallest absolute Gasteiger partial charge is 0.346 e. The number of nitrogens with one attached hydrogen (secondary N) is 1. The summed E-state index contributed by atoms with van der Waals surface area (Å²) in [6, 6.07) is 18.8. The van der Waals surface area contributed by atoms with Crippen molar-refractivity contribution in [2.45, 2.75) is 38.6 Å². The first-order valence-electron chi connectivity index (χ1n) is 13.4. The topological polar surface area (TPSA) is 129 Å². The standard InChI is InChI=1S/C31H25Cl2N3O7/c1-16-24(13-36-15-34-26(32)27(36)33)41-31(42-25(16)18-7-5-17(14-37)6-8-18)20-3-2-4-21(11-20)35-28(38)19-9-10-22-23(12-19)30(40)43-29(22)39/h2-12,15-16,24-25,31,37H,13-14H2,1H3,(H,35,38). The lowest BCUT2D eigenvalue weighted by atomic mass is 9.90. The van der Waals surface area contributed by atoms with Crippen LogP contribution < -0.4 is 5.32 Å². The van der Waals surface area contributed by atoms with Crippen molar-refractivity contribution < 1.29 is 33.7 Å². The van der Waals surface area contributed by atoms with Gasteiger partial charge in [0.05, 0.1) is 42.8 Å². The summed E-state index contributed by atoms with van der Waals surface area (Å²) < 4.78 is 19.3. The number of carbonyl (C=O) groups excluding carboxylic acids is 3. The Morgan fingerprint density at radius 3 is 2.47 bits per heavy atom. The van der Waals surface area contributed by atoms with Crippen molar-refractivity contribution in [2.75, 3.05) is 5.32 Å². The number of anilines is 1. The van der Waals surface area contributed by atoms with Gasteiger partial charge in [-0.2, -0.15) is 0 Å². The number of rotatable bonds is 7. The average molecular weight is 622 g/mol. The number of esters is 2. The zero-order valence-electron chi connectivity index (χ0n) is 22.7. The minimum absolute atomic E-state index is 0.0490. The summed E-state index contributed by atoms with van der Waals surface area (Å²) in [5, 5.41) is 12.8. The van der Waals surface area contributed by atoms with Gasteiger partial charge in [0, 0.05) is 22.7 Å². The molecular formula is C31H25Cl2N3O7. The second kappa shape index (κ2) is 11.9. The van der Waals surface area contributed by atoms with Crippen LogP contribution in [0.4, 0.5) is 5.69 Å². The van der Waals surface area contributed by atoms with Crippen molar-refractivity contribution in [3.05, 3.63) is 117 Å². The van der Waals surface area contributed by atoms with Crippen LogP contribution in [0, 0.1) is 5.92 Å². The van der Waals surface area contributed by atoms with Gasteiger partial charge in [0.1, 0.15) is 5.15 Å². The fraction of sp³-hybridized carbons (Fsp3) is 0.226. The Labute approximate surface area is 256 Å². The Morgan fingerprint density at radius 1 is 0.977 bits per heavy atom. The maximum atomic E-state index is 13.1. The number of imidazole rings is 1. The normalized spacial score (nSPS) is 21.4. The number of fused-ring (bicyclic) bond motifs is 1. The molecule has 3 aromatic carbocycles. The third kappa shape index (κ3) is 5.80. The Morgan fingerprint density at radius 2 is 1.74 bits per heavy atom. The average Bonchev–Trinajstić information content (AvgIpc) is 3.49. The number of aliphatic hydroxyl groups is 1. The Bertz CT molecular complexity index is 1720. The van der Waals surface area contributed by atoms with Crippen molar-refractivity contribution in [2.24, 2.45) is 5.92 Å². The molecule has 6 rings (SSSR count). The molecule has 0 aliphatic carbocycles. The number of aliphatic hydroxyl groups excluding tert-OH is 1. The van der Waals surface area contributed by atoms with Crippen LogP contribution in [0.5, 0.6) is 0 Å². The van der Waals surface area contributed by atoms with E-state index < -0.39 is 24.1 Å². The SMILES string of the molecule is CC1C(Cn2cnc(Cl)c2Cl)OC(c2cccc(NC(=O)c3ccc4c(c3)C(=O)OC4=O)c2)OC1c1ccc(CO)cc1. The summed E-state index contributed by atoms with van der Waals surface area (Å²) in [7, 11) is 0. The minimum atomic E-state index is -0.806. The van der Waals surface area contributed by atoms with Crippen molar-refractivity contribution in [3.63, 3.8) is 0 Å². The molecule has 1 amide bonds. The number of nitrogens with zero attached hydrogens (tertiary/aromatic N) is 2. The maximum absolute atomic E-state index is 13.1. The lowest BCUT2D eigenvalue weighted by Gasteiger charge is -2.41. The van der Waals surface area contributed by atoms with E-state index in [1.54, 1.807) is 29.1 Å². The fourth-order valence-corrected chi connectivity index (χ4v) is 5.50. The fourth-order valence-electron chi connectivity index (χ4n) is 5.18. The molecule has 1 saturated heterocycles. The molecule has 1 aromatic heterocycles. The van der Waals surface area contributed by atoms with E-state index in [1.165, 1.54) is 18.2 Å². The second-order valence-electron chi connectivity index (χ2n) is 10.3. The number of aromatic nitrogens is 2. The van der Waals surface area contributed by atoms with Crippen LogP contribution in [-0.2, 0) is 27.4 Å². The first-order valence-corrected chi connectivity index (χ1v) is 14.2. The molecule has 0 radical (unpaired) electrons. The Hall–Kier alpha value is -4.06. The quantitative estimate of drug-likeness (QED) is 0.197. The zero-order chi connectivity index (χ0) is 30.2. The van der Waals surface area contributed by atoms with Gasteiger partial charge < -0.3 is 29.2 Å². The van der Waals surface area contributed by atoms with E-state index in [0.29, 0.717) is 22.9 Å². The predicted molar refractivity (Wildman–Crippen MR) is 156 cm³/mol. The molecule has 43 heavy (non-hydrogen) atoms. The van der Waals surface area contributed by atoms with Crippen LogP contribution >= 0.6 is 23.2 Å². The molecule has 0 bridgehead atoms. The molecule has 12 heteroatoms. The van der Waals surface area contributed by atoms with Crippen molar-refractivity contribution in [1.29, 1.82) is 0 Å². The molecule has 4 unspecified atom stereocenters. The minimum Gasteiger partial charge on any atom is -0.392 e. The van der Waals surface area contributed by atoms with Crippen LogP contribution in [0.15, 0.2) is 73.1 Å². The first-order chi connectivity index (χ1) is 20.7. The van der Waals surface area contributed by atoms with E-state index in [9.17, 15) is 19.5 Å². The highest BCUT2D eigenvalue weighted by atomic mass is 35.5. The summed E-state index contributed by atoms with van der Waals surface area (Å²) in [6.45, 7) is 2.32. The summed E-state index contributed by atoms with van der Waals surface area (Å²) >= 11 is 12.4. The Balaban J connectivity index is 1.26. The molecule has 0 spiro atoms. The van der Waals surface area contributed by atoms with Gasteiger partial charge in [0.2, 0.25) is 0 Å². The van der Waals surface area contributed by atoms with E-state index >= 15 is 0 Å². The molecule has 10 nitrogen and oxygen atoms in total. The molecule has 2 N–H and O–H groups in total. The molecular weight excluding hydrogens is 597 g/mol. The van der Waals surface area contributed by atoms with Crippen LogP contribution in [0.3, 0.4) is 0 Å². The van der Waals surface area contributed by atoms with Crippen LogP contribution in [0.1, 0.15) is 67.1 Å². The van der Waals surface area contributed by atoms with Gasteiger partial charge >= 0.3 is 11.9 Å². The summed E-state index contributed by atoms with van der Waals surface area (Å²) in [4.78, 5) is 40.8. The van der Waals surface area contributed by atoms with E-state index in [1.807, 2.05) is 37.3 Å². The molecule has 2 aliphatic rings. The largest absolute Gasteiger partial charge is 0.392 e. The van der Waals surface area contributed by atoms with Crippen molar-refractivity contribution in [3.8, 4) is 0 Å². The first kappa shape index (κ1) is 29.0. The lowest BCUT2D eigenvalue weighted by Crippen LogP contribution is -2.39. The van der Waals surface area contributed by atoms with Gasteiger partial charge in [-0.05, 0) is 41.5 Å². The zero-order valence-corrected chi connectivity index (χ0v) is 24.2. The van der Waals surface area contributed by atoms with Crippen molar-refractivity contribution in [1.82, 2.24) is 9.55 Å². The van der Waals surface area contributed by atoms with Gasteiger partial charge in [0.15, 0.2) is 11.4 Å². The highest BCUT2D eigenvalue weighted by molar-refractivity contribution is 6.40. The van der Waals surface area contributed by atoms with E-state index in [2.05, 4.69) is 15.0 Å². The highest BCUT2D eigenvalue weighted by Gasteiger charge is 2.39. The molecule has 2 aliphatic heterocycles. The molecule has 4 aromatic rings. The van der Waals surface area contributed by atoms with Crippen molar-refractivity contribution >= 4 is 46.7 Å². The number of halogens is 2. The lowest BCUT2D eigenvalue weighted by molar-refractivity contribution is -0.276. The number of cyclic esters (lactones) is 2. The summed E-state index contributed by atoms with van der Waals surface area (Å²) in [5.74, 6) is -2.11. The predicted octanol–water partition coefficient (Wildman–Crippen LogP) is 5.74. The van der Waals surface area contributed by atoms with Gasteiger partial charge in [-0.3, -0.25) is 4.79 Å². The number of ether oxygens (including phenoxy) is 3. The molecule has 4 atom stereocenters. The number of hydrogen-bond donors (Lipinski definition) is 2. The number of benzene rings is 3. The van der Waals surface area contributed by atoms with Crippen LogP contribution in [0.2, 0.25) is 10.3 Å². The van der Waals surface area contributed by atoms with E-state index in [0.717, 1.165) is 11.1 Å². The van der Waals surface area contributed by atoms with Crippen LogP contribution in [0.25, 0.3) is 0 Å². The van der Waals surface area contributed by atoms with Gasteiger partial charge in [0.25, 0.3) is 5.91 Å². The van der Waals surface area contributed by atoms with Gasteiger partial charge in [-0.1, -0.05) is 66.5 Å². The second-order valence-corrected chi connectivity index (χ2v) is 11.0. The molecule has 220 valence electrons. The summed E-state index contributed by atoms with van der Waals surface area (Å²) in [6.07, 6.45) is 0.0118. The third-order valence-electron chi connectivity index (χ3n) is 7.56. The maximum Gasteiger partial charge on any atom is 0.346 e. The highest BCUT2D eigenvalue weighted by Crippen LogP contribution is 2.42.